The van der Waals surface area contributed by atoms with E-state index in [1.807, 2.05) is 7.05 Å². The fraction of sp³-hybridized carbons (Fsp3) is 0.842. The lowest BCUT2D eigenvalue weighted by atomic mass is 9.67. The maximum absolute atomic E-state index is 6.04. The van der Waals surface area contributed by atoms with Gasteiger partial charge in [0.25, 0.3) is 0 Å². The van der Waals surface area contributed by atoms with Crippen molar-refractivity contribution in [2.24, 2.45) is 5.41 Å². The SMILES string of the molecule is CNCCN(C)Cc1c[nH]nc1[C@H]1CC[C@]2(CC1)COC(C)(C)C2. The number of likely N-dealkylation sites (N-methyl/N-ethyl adjacent to an activating group) is 2. The van der Waals surface area contributed by atoms with E-state index in [1.165, 1.54) is 43.4 Å². The summed E-state index contributed by atoms with van der Waals surface area (Å²) in [4.78, 5) is 2.36. The largest absolute Gasteiger partial charge is 0.375 e. The summed E-state index contributed by atoms with van der Waals surface area (Å²) in [5.74, 6) is 0.610. The Hall–Kier alpha value is -0.910. The van der Waals surface area contributed by atoms with Crippen molar-refractivity contribution in [3.8, 4) is 0 Å². The Morgan fingerprint density at radius 2 is 2.12 bits per heavy atom. The van der Waals surface area contributed by atoms with E-state index in [4.69, 9.17) is 4.74 Å². The van der Waals surface area contributed by atoms with Gasteiger partial charge in [0.2, 0.25) is 0 Å². The second-order valence-corrected chi connectivity index (χ2v) is 8.64. The van der Waals surface area contributed by atoms with Gasteiger partial charge in [0.05, 0.1) is 17.9 Å². The van der Waals surface area contributed by atoms with Gasteiger partial charge in [0.15, 0.2) is 0 Å². The zero-order valence-corrected chi connectivity index (χ0v) is 15.8. The van der Waals surface area contributed by atoms with Gasteiger partial charge in [0, 0.05) is 37.3 Å². The van der Waals surface area contributed by atoms with Crippen molar-refractivity contribution in [1.29, 1.82) is 0 Å². The van der Waals surface area contributed by atoms with Crippen LogP contribution in [0.1, 0.15) is 63.1 Å². The molecule has 2 N–H and O–H groups in total. The molecule has 0 atom stereocenters. The molecule has 1 spiro atoms. The van der Waals surface area contributed by atoms with Gasteiger partial charge in [-0.05, 0) is 65.5 Å². The third-order valence-electron chi connectivity index (χ3n) is 5.94. The van der Waals surface area contributed by atoms with Crippen molar-refractivity contribution >= 4 is 0 Å². The number of rotatable bonds is 6. The molecule has 3 rings (SSSR count). The topological polar surface area (TPSA) is 53.2 Å². The summed E-state index contributed by atoms with van der Waals surface area (Å²) in [6.07, 6.45) is 8.37. The molecule has 136 valence electrons. The summed E-state index contributed by atoms with van der Waals surface area (Å²) >= 11 is 0. The van der Waals surface area contributed by atoms with Crippen LogP contribution >= 0.6 is 0 Å². The first-order chi connectivity index (χ1) is 11.4. The first-order valence-electron chi connectivity index (χ1n) is 9.43. The van der Waals surface area contributed by atoms with Crippen LogP contribution in [0.4, 0.5) is 0 Å². The van der Waals surface area contributed by atoms with Crippen LogP contribution in [0, 0.1) is 5.41 Å². The van der Waals surface area contributed by atoms with Crippen molar-refractivity contribution in [1.82, 2.24) is 20.4 Å². The van der Waals surface area contributed by atoms with Gasteiger partial charge in [-0.1, -0.05) is 0 Å². The molecule has 0 unspecified atom stereocenters. The molecule has 2 aliphatic rings. The van der Waals surface area contributed by atoms with Crippen LogP contribution < -0.4 is 5.32 Å². The number of nitrogens with zero attached hydrogens (tertiary/aromatic N) is 2. The molecule has 1 aromatic rings. The van der Waals surface area contributed by atoms with Crippen molar-refractivity contribution in [2.45, 2.75) is 64.0 Å². The van der Waals surface area contributed by atoms with Crippen LogP contribution in [0.5, 0.6) is 0 Å². The Labute approximate surface area is 146 Å². The van der Waals surface area contributed by atoms with E-state index in [0.29, 0.717) is 11.3 Å². The Morgan fingerprint density at radius 3 is 2.75 bits per heavy atom. The second kappa shape index (κ2) is 7.14. The summed E-state index contributed by atoms with van der Waals surface area (Å²) in [6.45, 7) is 8.48. The van der Waals surface area contributed by atoms with Gasteiger partial charge in [-0.15, -0.1) is 0 Å². The van der Waals surface area contributed by atoms with E-state index < -0.39 is 0 Å². The molecule has 2 fully saturated rings. The number of H-pyrrole nitrogens is 1. The Kier molecular flexibility index (Phi) is 5.33. The lowest BCUT2D eigenvalue weighted by Gasteiger charge is -2.36. The van der Waals surface area contributed by atoms with Gasteiger partial charge in [-0.3, -0.25) is 5.10 Å². The van der Waals surface area contributed by atoms with Gasteiger partial charge < -0.3 is 15.0 Å². The molecule has 0 bridgehead atoms. The number of nitrogens with one attached hydrogen (secondary N) is 2. The van der Waals surface area contributed by atoms with E-state index >= 15 is 0 Å². The highest BCUT2D eigenvalue weighted by Gasteiger charge is 2.46. The molecule has 1 aliphatic carbocycles. The van der Waals surface area contributed by atoms with Crippen LogP contribution in [-0.4, -0.2) is 54.5 Å². The monoisotopic (exact) mass is 334 g/mol. The molecule has 24 heavy (non-hydrogen) atoms. The number of hydrogen-bond donors (Lipinski definition) is 2. The van der Waals surface area contributed by atoms with Crippen LogP contribution in [0.15, 0.2) is 6.20 Å². The lowest BCUT2D eigenvalue weighted by molar-refractivity contribution is 0.0280. The fourth-order valence-electron chi connectivity index (χ4n) is 4.66. The van der Waals surface area contributed by atoms with E-state index in [0.717, 1.165) is 26.2 Å². The molecular weight excluding hydrogens is 300 g/mol. The first kappa shape index (κ1) is 17.9. The summed E-state index contributed by atoms with van der Waals surface area (Å²) < 4.78 is 6.04. The standard InChI is InChI=1S/C19H34N4O/c1-18(2)13-19(14-24-18)7-5-15(6-8-19)17-16(11-21-22-17)12-23(4)10-9-20-3/h11,15,20H,5-10,12-14H2,1-4H3,(H,21,22)/t15-,19+. The minimum Gasteiger partial charge on any atom is -0.375 e. The molecule has 1 saturated carbocycles. The van der Waals surface area contributed by atoms with Gasteiger partial charge in [0.1, 0.15) is 0 Å². The zero-order valence-electron chi connectivity index (χ0n) is 15.8. The van der Waals surface area contributed by atoms with Gasteiger partial charge >= 0.3 is 0 Å². The highest BCUT2D eigenvalue weighted by molar-refractivity contribution is 5.21. The average Bonchev–Trinajstić information content (AvgIpc) is 3.11. The number of aromatic amines is 1. The normalized spacial score (nSPS) is 29.6. The van der Waals surface area contributed by atoms with Crippen LogP contribution in [0.3, 0.4) is 0 Å². The second-order valence-electron chi connectivity index (χ2n) is 8.64. The summed E-state index contributed by atoms with van der Waals surface area (Å²) in [6, 6.07) is 0. The lowest BCUT2D eigenvalue weighted by Crippen LogP contribution is -2.30. The summed E-state index contributed by atoms with van der Waals surface area (Å²) in [7, 11) is 4.19. The van der Waals surface area contributed by atoms with Crippen LogP contribution in [0.2, 0.25) is 0 Å². The summed E-state index contributed by atoms with van der Waals surface area (Å²) in [5, 5.41) is 10.9. The predicted octanol–water partition coefficient (Wildman–Crippen LogP) is 2.90. The minimum atomic E-state index is 0.0698. The Balaban J connectivity index is 1.58. The van der Waals surface area contributed by atoms with Crippen molar-refractivity contribution in [2.75, 3.05) is 33.8 Å². The molecule has 0 radical (unpaired) electrons. The molecule has 5 nitrogen and oxygen atoms in total. The highest BCUT2D eigenvalue weighted by atomic mass is 16.5. The fourth-order valence-corrected chi connectivity index (χ4v) is 4.66. The van der Waals surface area contributed by atoms with E-state index in [2.05, 4.69) is 47.5 Å². The maximum Gasteiger partial charge on any atom is 0.0697 e. The van der Waals surface area contributed by atoms with Crippen LogP contribution in [-0.2, 0) is 11.3 Å². The average molecular weight is 335 g/mol. The van der Waals surface area contributed by atoms with E-state index in [-0.39, 0.29) is 5.60 Å². The van der Waals surface area contributed by atoms with E-state index in [1.54, 1.807) is 0 Å². The van der Waals surface area contributed by atoms with Crippen molar-refractivity contribution < 1.29 is 4.74 Å². The smallest absolute Gasteiger partial charge is 0.0697 e. The summed E-state index contributed by atoms with van der Waals surface area (Å²) in [5.41, 5.74) is 3.18. The van der Waals surface area contributed by atoms with E-state index in [9.17, 15) is 0 Å². The Bertz CT molecular complexity index is 531. The molecule has 0 aromatic carbocycles. The van der Waals surface area contributed by atoms with Gasteiger partial charge in [-0.2, -0.15) is 5.10 Å². The van der Waals surface area contributed by atoms with Crippen molar-refractivity contribution in [3.05, 3.63) is 17.5 Å². The number of hydrogen-bond acceptors (Lipinski definition) is 4. The maximum atomic E-state index is 6.04. The molecule has 0 amide bonds. The molecular formula is C19H34N4O. The van der Waals surface area contributed by atoms with Crippen molar-refractivity contribution in [3.63, 3.8) is 0 Å². The molecule has 1 aromatic heterocycles. The molecule has 1 aliphatic heterocycles. The van der Waals surface area contributed by atoms with Gasteiger partial charge in [-0.25, -0.2) is 0 Å². The number of ether oxygens (including phenoxy) is 1. The molecule has 5 heteroatoms. The highest BCUT2D eigenvalue weighted by Crippen LogP contribution is 2.51. The Morgan fingerprint density at radius 1 is 1.38 bits per heavy atom. The molecule has 1 saturated heterocycles. The molecule has 2 heterocycles. The quantitative estimate of drug-likeness (QED) is 0.840. The van der Waals surface area contributed by atoms with Crippen LogP contribution in [0.25, 0.3) is 0 Å². The third kappa shape index (κ3) is 4.01. The predicted molar refractivity (Wildman–Crippen MR) is 97.1 cm³/mol. The number of aromatic nitrogens is 2. The third-order valence-corrected chi connectivity index (χ3v) is 5.94. The first-order valence-corrected chi connectivity index (χ1v) is 9.43. The zero-order chi connectivity index (χ0) is 17.2. The minimum absolute atomic E-state index is 0.0698.